The molecule has 0 bridgehead atoms. The summed E-state index contributed by atoms with van der Waals surface area (Å²) in [6, 6.07) is 9.82. The second-order valence-corrected chi connectivity index (χ2v) is 8.36. The molecule has 0 aliphatic rings. The maximum absolute atomic E-state index is 13.0. The molecule has 0 unspecified atom stereocenters. The second-order valence-electron chi connectivity index (χ2n) is 6.38. The lowest BCUT2D eigenvalue weighted by Crippen LogP contribution is -3.12. The number of carbonyl (C=O) groups excluding carboxylic acids is 1. The van der Waals surface area contributed by atoms with Crippen LogP contribution < -0.4 is 14.5 Å². The van der Waals surface area contributed by atoms with Crippen molar-refractivity contribution in [1.82, 2.24) is 4.98 Å². The number of rotatable bonds is 9. The molecule has 0 atom stereocenters. The van der Waals surface area contributed by atoms with Gasteiger partial charge in [0.2, 0.25) is 0 Å². The zero-order valence-electron chi connectivity index (χ0n) is 16.5. The largest absolute Gasteiger partial charge is 0.497 e. The third-order valence-corrected chi connectivity index (χ3v) is 6.60. The Morgan fingerprint density at radius 1 is 1.29 bits per heavy atom. The fourth-order valence-corrected chi connectivity index (χ4v) is 4.54. The van der Waals surface area contributed by atoms with Crippen LogP contribution in [0.5, 0.6) is 5.75 Å². The summed E-state index contributed by atoms with van der Waals surface area (Å²) in [5.74, 6) is 0.735. The molecule has 5 nitrogen and oxygen atoms in total. The highest BCUT2D eigenvalue weighted by Gasteiger charge is 2.20. The zero-order valence-corrected chi connectivity index (χ0v) is 18.1. The number of amides is 1. The van der Waals surface area contributed by atoms with Crippen molar-refractivity contribution in [3.63, 3.8) is 0 Å². The van der Waals surface area contributed by atoms with Crippen LogP contribution in [0.4, 0.5) is 5.13 Å². The molecule has 0 saturated carbocycles. The van der Waals surface area contributed by atoms with Crippen LogP contribution in [0, 0.1) is 0 Å². The summed E-state index contributed by atoms with van der Waals surface area (Å²) in [6.45, 7) is 7.96. The highest BCUT2D eigenvalue weighted by atomic mass is 32.1. The van der Waals surface area contributed by atoms with Gasteiger partial charge in [0.05, 0.1) is 43.5 Å². The van der Waals surface area contributed by atoms with Gasteiger partial charge in [-0.3, -0.25) is 9.69 Å². The minimum absolute atomic E-state index is 0.0361. The number of hydrogen-bond donors (Lipinski definition) is 1. The van der Waals surface area contributed by atoms with Crippen LogP contribution in [0.15, 0.2) is 41.8 Å². The molecule has 1 aromatic carbocycles. The minimum atomic E-state index is -0.0361. The highest BCUT2D eigenvalue weighted by Crippen LogP contribution is 2.31. The number of ether oxygens (including phenoxy) is 1. The van der Waals surface area contributed by atoms with Crippen molar-refractivity contribution in [3.8, 4) is 5.75 Å². The number of nitrogens with zero attached hydrogens (tertiary/aromatic N) is 2. The Morgan fingerprint density at radius 2 is 2.11 bits per heavy atom. The number of hydrogen-bond acceptors (Lipinski definition) is 5. The van der Waals surface area contributed by atoms with Gasteiger partial charge in [-0.05, 0) is 43.5 Å². The van der Waals surface area contributed by atoms with Gasteiger partial charge in [0, 0.05) is 17.0 Å². The Bertz CT molecular complexity index is 930. The van der Waals surface area contributed by atoms with Crippen molar-refractivity contribution in [2.24, 2.45) is 0 Å². The Kier molecular flexibility index (Phi) is 7.19. The molecule has 0 radical (unpaired) electrons. The van der Waals surface area contributed by atoms with E-state index >= 15 is 0 Å². The van der Waals surface area contributed by atoms with E-state index in [1.165, 1.54) is 4.90 Å². The third kappa shape index (κ3) is 4.98. The van der Waals surface area contributed by atoms with Crippen molar-refractivity contribution in [2.75, 3.05) is 38.2 Å². The van der Waals surface area contributed by atoms with Gasteiger partial charge in [0.25, 0.3) is 5.91 Å². The lowest BCUT2D eigenvalue weighted by Gasteiger charge is -2.21. The molecule has 0 spiro atoms. The first-order chi connectivity index (χ1) is 13.6. The SMILES string of the molecule is CC[NH+](CC)CCN(C(=O)/C=C/c1cccs1)c1nc2cc(OC)ccc2s1. The Morgan fingerprint density at radius 3 is 2.79 bits per heavy atom. The first kappa shape index (κ1) is 20.5. The van der Waals surface area contributed by atoms with Crippen molar-refractivity contribution in [1.29, 1.82) is 0 Å². The van der Waals surface area contributed by atoms with Crippen LogP contribution in [0.1, 0.15) is 18.7 Å². The predicted molar refractivity (Wildman–Crippen MR) is 119 cm³/mol. The van der Waals surface area contributed by atoms with Gasteiger partial charge in [0.15, 0.2) is 5.13 Å². The molecule has 0 saturated heterocycles. The molecule has 28 heavy (non-hydrogen) atoms. The quantitative estimate of drug-likeness (QED) is 0.544. The van der Waals surface area contributed by atoms with Crippen molar-refractivity contribution in [3.05, 3.63) is 46.7 Å². The molecule has 3 rings (SSSR count). The number of quaternary nitrogens is 1. The van der Waals surface area contributed by atoms with Gasteiger partial charge >= 0.3 is 0 Å². The lowest BCUT2D eigenvalue weighted by molar-refractivity contribution is -0.894. The van der Waals surface area contributed by atoms with Crippen LogP contribution in [0.25, 0.3) is 16.3 Å². The summed E-state index contributed by atoms with van der Waals surface area (Å²) in [6.07, 6.45) is 3.52. The molecule has 2 aromatic heterocycles. The van der Waals surface area contributed by atoms with Crippen LogP contribution in [-0.2, 0) is 4.79 Å². The monoisotopic (exact) mass is 416 g/mol. The summed E-state index contributed by atoms with van der Waals surface area (Å²) in [7, 11) is 1.65. The average molecular weight is 417 g/mol. The number of fused-ring (bicyclic) bond motifs is 1. The van der Waals surface area contributed by atoms with E-state index in [2.05, 4.69) is 13.8 Å². The summed E-state index contributed by atoms with van der Waals surface area (Å²) in [5.41, 5.74) is 0.856. The third-order valence-electron chi connectivity index (χ3n) is 4.70. The molecular weight excluding hydrogens is 390 g/mol. The maximum atomic E-state index is 13.0. The van der Waals surface area contributed by atoms with Gasteiger partial charge in [0.1, 0.15) is 5.75 Å². The van der Waals surface area contributed by atoms with Crippen LogP contribution in [0.2, 0.25) is 0 Å². The predicted octanol–water partition coefficient (Wildman–Crippen LogP) is 3.34. The molecule has 0 aliphatic heterocycles. The second kappa shape index (κ2) is 9.82. The number of anilines is 1. The number of benzene rings is 1. The molecule has 1 amide bonds. The molecule has 7 heteroatoms. The number of carbonyl (C=O) groups is 1. The molecule has 148 valence electrons. The van der Waals surface area contributed by atoms with E-state index in [9.17, 15) is 4.79 Å². The average Bonchev–Trinajstić information content (AvgIpc) is 3.38. The van der Waals surface area contributed by atoms with Crippen molar-refractivity contribution < 1.29 is 14.4 Å². The number of nitrogens with one attached hydrogen (secondary N) is 1. The first-order valence-corrected chi connectivity index (χ1v) is 11.2. The van der Waals surface area contributed by atoms with Crippen LogP contribution in [0.3, 0.4) is 0 Å². The van der Waals surface area contributed by atoms with Gasteiger partial charge < -0.3 is 9.64 Å². The molecular formula is C21H26N3O2S2+. The number of methoxy groups -OCH3 is 1. The van der Waals surface area contributed by atoms with E-state index in [-0.39, 0.29) is 5.91 Å². The lowest BCUT2D eigenvalue weighted by atomic mass is 10.3. The van der Waals surface area contributed by atoms with Gasteiger partial charge in [-0.2, -0.15) is 0 Å². The minimum Gasteiger partial charge on any atom is -0.497 e. The molecule has 0 fully saturated rings. The standard InChI is InChI=1S/C21H25N3O2S2/c1-4-23(5-2)12-13-24(20(25)11-9-17-7-6-14-27-17)21-22-18-15-16(26-3)8-10-19(18)28-21/h6-11,14-15H,4-5,12-13H2,1-3H3/p+1/b11-9+. The highest BCUT2D eigenvalue weighted by molar-refractivity contribution is 7.22. The van der Waals surface area contributed by atoms with Gasteiger partial charge in [-0.15, -0.1) is 11.3 Å². The van der Waals surface area contributed by atoms with E-state index in [1.807, 2.05) is 41.8 Å². The fraction of sp³-hybridized carbons (Fsp3) is 0.333. The molecule has 2 heterocycles. The first-order valence-electron chi connectivity index (χ1n) is 9.45. The van der Waals surface area contributed by atoms with Crippen molar-refractivity contribution >= 4 is 50.0 Å². The summed E-state index contributed by atoms with van der Waals surface area (Å²) >= 11 is 3.16. The van der Waals surface area contributed by atoms with E-state index in [0.717, 1.165) is 45.6 Å². The fourth-order valence-electron chi connectivity index (χ4n) is 2.94. The van der Waals surface area contributed by atoms with E-state index in [4.69, 9.17) is 9.72 Å². The summed E-state index contributed by atoms with van der Waals surface area (Å²) in [4.78, 5) is 22.1. The van der Waals surface area contributed by atoms with E-state index in [1.54, 1.807) is 40.8 Å². The van der Waals surface area contributed by atoms with Gasteiger partial charge in [-0.1, -0.05) is 17.4 Å². The number of thiophene rings is 1. The smallest absolute Gasteiger partial charge is 0.253 e. The summed E-state index contributed by atoms with van der Waals surface area (Å²) < 4.78 is 6.35. The number of likely N-dealkylation sites (N-methyl/N-ethyl adjacent to an activating group) is 1. The van der Waals surface area contributed by atoms with Crippen LogP contribution in [-0.4, -0.2) is 44.2 Å². The van der Waals surface area contributed by atoms with Gasteiger partial charge in [-0.25, -0.2) is 4.98 Å². The molecule has 0 aliphatic carbocycles. The van der Waals surface area contributed by atoms with E-state index < -0.39 is 0 Å². The number of aromatic nitrogens is 1. The van der Waals surface area contributed by atoms with Crippen molar-refractivity contribution in [2.45, 2.75) is 13.8 Å². The number of thiazole rings is 1. The zero-order chi connectivity index (χ0) is 19.9. The topological polar surface area (TPSA) is 46.9 Å². The Hall–Kier alpha value is -2.22. The molecule has 1 N–H and O–H groups in total. The van der Waals surface area contributed by atoms with E-state index in [0.29, 0.717) is 6.54 Å². The Labute approximate surface area is 173 Å². The normalized spacial score (nSPS) is 11.6. The maximum Gasteiger partial charge on any atom is 0.253 e. The summed E-state index contributed by atoms with van der Waals surface area (Å²) in [5, 5.41) is 2.74. The molecule has 3 aromatic rings. The Balaban J connectivity index is 1.87. The van der Waals surface area contributed by atoms with Crippen LogP contribution >= 0.6 is 22.7 Å².